The van der Waals surface area contributed by atoms with Gasteiger partial charge in [0.25, 0.3) is 10.0 Å². The summed E-state index contributed by atoms with van der Waals surface area (Å²) in [4.78, 5) is 11.8. The number of nitrogens with one attached hydrogen (secondary N) is 1. The topological polar surface area (TPSA) is 115 Å². The van der Waals surface area contributed by atoms with E-state index in [1.54, 1.807) is 27.7 Å². The van der Waals surface area contributed by atoms with E-state index in [2.05, 4.69) is 14.9 Å². The molecular weight excluding hydrogens is 288 g/mol. The SMILES string of the molecule is CC1(C)C(C)(C)C1(NS(=O)(=O)c1nncs1)C(N)=O. The van der Waals surface area contributed by atoms with Crippen LogP contribution in [0.1, 0.15) is 27.7 Å². The monoisotopic (exact) mass is 304 g/mol. The van der Waals surface area contributed by atoms with E-state index in [0.29, 0.717) is 0 Å². The van der Waals surface area contributed by atoms with Gasteiger partial charge in [0.05, 0.1) is 0 Å². The molecule has 1 amide bonds. The predicted molar refractivity (Wildman–Crippen MR) is 69.7 cm³/mol. The van der Waals surface area contributed by atoms with E-state index in [1.165, 1.54) is 5.51 Å². The molecule has 19 heavy (non-hydrogen) atoms. The first-order chi connectivity index (χ1) is 8.51. The van der Waals surface area contributed by atoms with Gasteiger partial charge >= 0.3 is 0 Å². The molecule has 1 aromatic rings. The number of carbonyl (C=O) groups is 1. The van der Waals surface area contributed by atoms with Gasteiger partial charge in [-0.25, -0.2) is 8.42 Å². The van der Waals surface area contributed by atoms with Crippen molar-refractivity contribution in [3.05, 3.63) is 5.51 Å². The fourth-order valence-electron chi connectivity index (χ4n) is 2.76. The summed E-state index contributed by atoms with van der Waals surface area (Å²) in [5.41, 5.74) is 4.29. The van der Waals surface area contributed by atoms with E-state index in [-0.39, 0.29) is 4.34 Å². The largest absolute Gasteiger partial charge is 0.368 e. The fraction of sp³-hybridized carbons (Fsp3) is 0.700. The quantitative estimate of drug-likeness (QED) is 0.819. The molecule has 1 aromatic heterocycles. The van der Waals surface area contributed by atoms with Crippen LogP contribution in [0, 0.1) is 10.8 Å². The summed E-state index contributed by atoms with van der Waals surface area (Å²) in [6, 6.07) is 0. The van der Waals surface area contributed by atoms with Gasteiger partial charge in [0.2, 0.25) is 10.2 Å². The molecule has 0 radical (unpaired) electrons. The van der Waals surface area contributed by atoms with Crippen molar-refractivity contribution in [2.75, 3.05) is 0 Å². The summed E-state index contributed by atoms with van der Waals surface area (Å²) in [5, 5.41) is 7.01. The molecule has 0 aromatic carbocycles. The van der Waals surface area contributed by atoms with Crippen molar-refractivity contribution in [3.8, 4) is 0 Å². The number of nitrogens with zero attached hydrogens (tertiary/aromatic N) is 2. The molecule has 1 heterocycles. The van der Waals surface area contributed by atoms with Gasteiger partial charge in [0.15, 0.2) is 0 Å². The molecule has 0 spiro atoms. The highest BCUT2D eigenvalue weighted by Crippen LogP contribution is 2.71. The number of hydrogen-bond acceptors (Lipinski definition) is 6. The standard InChI is InChI=1S/C10H16N4O3S2/c1-8(2)9(3,4)10(8,6(11)15)14-19(16,17)7-13-12-5-18-7/h5,14H,1-4H3,(H2,11,15). The maximum atomic E-state index is 12.2. The van der Waals surface area contributed by atoms with Crippen molar-refractivity contribution < 1.29 is 13.2 Å². The molecule has 2 rings (SSSR count). The Hall–Kier alpha value is -1.06. The Morgan fingerprint density at radius 2 is 1.84 bits per heavy atom. The molecular formula is C10H16N4O3S2. The van der Waals surface area contributed by atoms with Gasteiger partial charge in [-0.15, -0.1) is 10.2 Å². The first-order valence-electron chi connectivity index (χ1n) is 5.61. The van der Waals surface area contributed by atoms with Crippen LogP contribution < -0.4 is 10.5 Å². The molecule has 1 aliphatic carbocycles. The zero-order chi connectivity index (χ0) is 14.7. The molecule has 1 saturated carbocycles. The number of sulfonamides is 1. The number of hydrogen-bond donors (Lipinski definition) is 2. The first kappa shape index (κ1) is 14.4. The highest BCUT2D eigenvalue weighted by atomic mass is 32.2. The Labute approximate surface area is 115 Å². The third-order valence-corrected chi connectivity index (χ3v) is 7.15. The molecule has 1 fully saturated rings. The molecule has 0 unspecified atom stereocenters. The van der Waals surface area contributed by atoms with Crippen molar-refractivity contribution >= 4 is 27.3 Å². The van der Waals surface area contributed by atoms with Crippen molar-refractivity contribution in [1.29, 1.82) is 0 Å². The van der Waals surface area contributed by atoms with Crippen LogP contribution >= 0.6 is 11.3 Å². The molecule has 0 saturated heterocycles. The number of primary amides is 1. The van der Waals surface area contributed by atoms with E-state index >= 15 is 0 Å². The maximum absolute atomic E-state index is 12.2. The van der Waals surface area contributed by atoms with Crippen LogP contribution in [0.5, 0.6) is 0 Å². The average molecular weight is 304 g/mol. The number of nitrogens with two attached hydrogens (primary N) is 1. The van der Waals surface area contributed by atoms with E-state index in [0.717, 1.165) is 11.3 Å². The van der Waals surface area contributed by atoms with Crippen LogP contribution in [0.15, 0.2) is 9.85 Å². The van der Waals surface area contributed by atoms with Crippen LogP contribution in [0.2, 0.25) is 0 Å². The number of aromatic nitrogens is 2. The van der Waals surface area contributed by atoms with E-state index in [9.17, 15) is 13.2 Å². The second-order valence-electron chi connectivity index (χ2n) is 5.67. The predicted octanol–water partition coefficient (Wildman–Crippen LogP) is 0.106. The Balaban J connectivity index is 2.45. The summed E-state index contributed by atoms with van der Waals surface area (Å²) >= 11 is 0.886. The average Bonchev–Trinajstić information content (AvgIpc) is 2.70. The Kier molecular flexibility index (Phi) is 2.82. The normalized spacial score (nSPS) is 22.9. The van der Waals surface area contributed by atoms with Gasteiger partial charge in [0.1, 0.15) is 11.0 Å². The minimum atomic E-state index is -3.91. The Morgan fingerprint density at radius 3 is 2.16 bits per heavy atom. The smallest absolute Gasteiger partial charge is 0.270 e. The van der Waals surface area contributed by atoms with Gasteiger partial charge in [-0.05, 0) is 0 Å². The van der Waals surface area contributed by atoms with Gasteiger partial charge in [-0.2, -0.15) is 4.72 Å². The van der Waals surface area contributed by atoms with Crippen LogP contribution in [0.3, 0.4) is 0 Å². The highest BCUT2D eigenvalue weighted by Gasteiger charge is 2.82. The summed E-state index contributed by atoms with van der Waals surface area (Å²) in [6.45, 7) is 7.22. The summed E-state index contributed by atoms with van der Waals surface area (Å²) in [7, 11) is -3.91. The Bertz CT molecular complexity index is 605. The molecule has 0 bridgehead atoms. The third-order valence-electron chi connectivity index (χ3n) is 4.60. The molecule has 1 aliphatic rings. The lowest BCUT2D eigenvalue weighted by Crippen LogP contribution is -2.51. The van der Waals surface area contributed by atoms with Gasteiger partial charge in [-0.1, -0.05) is 39.0 Å². The summed E-state index contributed by atoms with van der Waals surface area (Å²) < 4.78 is 26.7. The second-order valence-corrected chi connectivity index (χ2v) is 8.36. The first-order valence-corrected chi connectivity index (χ1v) is 7.97. The fourth-order valence-corrected chi connectivity index (χ4v) is 5.05. The zero-order valence-corrected chi connectivity index (χ0v) is 12.7. The maximum Gasteiger partial charge on any atom is 0.270 e. The summed E-state index contributed by atoms with van der Waals surface area (Å²) in [5.74, 6) is -0.685. The molecule has 0 atom stereocenters. The van der Waals surface area contributed by atoms with Crippen molar-refractivity contribution in [1.82, 2.24) is 14.9 Å². The Morgan fingerprint density at radius 1 is 1.32 bits per heavy atom. The van der Waals surface area contributed by atoms with Gasteiger partial charge < -0.3 is 5.73 Å². The van der Waals surface area contributed by atoms with Crippen molar-refractivity contribution in [2.45, 2.75) is 37.6 Å². The van der Waals surface area contributed by atoms with Crippen molar-refractivity contribution in [3.63, 3.8) is 0 Å². The van der Waals surface area contributed by atoms with Gasteiger partial charge in [-0.3, -0.25) is 4.79 Å². The van der Waals surface area contributed by atoms with Crippen LogP contribution in [0.25, 0.3) is 0 Å². The zero-order valence-electron chi connectivity index (χ0n) is 11.1. The minimum absolute atomic E-state index is 0.174. The van der Waals surface area contributed by atoms with E-state index in [1.807, 2.05) is 0 Å². The third kappa shape index (κ3) is 1.58. The minimum Gasteiger partial charge on any atom is -0.368 e. The van der Waals surface area contributed by atoms with Gasteiger partial charge in [0, 0.05) is 10.8 Å². The van der Waals surface area contributed by atoms with Crippen LogP contribution in [-0.4, -0.2) is 30.1 Å². The number of rotatable bonds is 4. The molecule has 106 valence electrons. The van der Waals surface area contributed by atoms with Crippen LogP contribution in [0.4, 0.5) is 0 Å². The van der Waals surface area contributed by atoms with Crippen molar-refractivity contribution in [2.24, 2.45) is 16.6 Å². The van der Waals surface area contributed by atoms with E-state index < -0.39 is 32.3 Å². The number of carbonyl (C=O) groups excluding carboxylic acids is 1. The lowest BCUT2D eigenvalue weighted by molar-refractivity contribution is -0.121. The molecule has 7 nitrogen and oxygen atoms in total. The van der Waals surface area contributed by atoms with Crippen LogP contribution in [-0.2, 0) is 14.8 Å². The molecule has 9 heteroatoms. The van der Waals surface area contributed by atoms with E-state index in [4.69, 9.17) is 5.73 Å². The lowest BCUT2D eigenvalue weighted by atomic mass is 10.0. The molecule has 0 aliphatic heterocycles. The summed E-state index contributed by atoms with van der Waals surface area (Å²) in [6.07, 6.45) is 0. The number of amides is 1. The highest BCUT2D eigenvalue weighted by molar-refractivity contribution is 7.91. The lowest BCUT2D eigenvalue weighted by Gasteiger charge is -2.18. The molecule has 3 N–H and O–H groups in total. The second kappa shape index (κ2) is 3.74.